The Hall–Kier alpha value is -1.59. The number of fused-ring (bicyclic) bond motifs is 1. The molecule has 0 aliphatic rings. The number of pyridine rings is 1. The Balaban J connectivity index is 2.63. The summed E-state index contributed by atoms with van der Waals surface area (Å²) in [6.07, 6.45) is -3.13. The second-order valence-corrected chi connectivity index (χ2v) is 2.85. The maximum Gasteiger partial charge on any atom is 0.469 e. The smallest absolute Gasteiger partial charge is 0.431 e. The maximum absolute atomic E-state index is 12.1. The maximum atomic E-state index is 12.1. The second kappa shape index (κ2) is 2.70. The summed E-state index contributed by atoms with van der Waals surface area (Å²) < 4.78 is 40.9. The number of rotatable bonds is 0. The zero-order valence-electron chi connectivity index (χ0n) is 7.09. The molecule has 2 aromatic heterocycles. The number of oxazole rings is 1. The van der Waals surface area contributed by atoms with Crippen molar-refractivity contribution in [1.29, 1.82) is 0 Å². The molecule has 0 aliphatic carbocycles. The number of hydrogen-bond donors (Lipinski definition) is 0. The third-order valence-electron chi connectivity index (χ3n) is 1.63. The molecule has 0 saturated carbocycles. The van der Waals surface area contributed by atoms with Crippen molar-refractivity contribution in [2.75, 3.05) is 0 Å². The summed E-state index contributed by atoms with van der Waals surface area (Å²) in [6.45, 7) is 1.71. The van der Waals surface area contributed by atoms with E-state index in [9.17, 15) is 13.2 Å². The van der Waals surface area contributed by atoms with Crippen LogP contribution in [0.25, 0.3) is 11.2 Å². The Morgan fingerprint density at radius 2 is 2.07 bits per heavy atom. The van der Waals surface area contributed by atoms with Crippen LogP contribution in [0.1, 0.15) is 11.5 Å². The Labute approximate surface area is 76.6 Å². The SMILES string of the molecule is Cc1cnc2nc(C(F)(F)F)oc2c1. The van der Waals surface area contributed by atoms with Gasteiger partial charge in [0.05, 0.1) is 0 Å². The van der Waals surface area contributed by atoms with Gasteiger partial charge in [-0.3, -0.25) is 0 Å². The van der Waals surface area contributed by atoms with Gasteiger partial charge >= 0.3 is 12.1 Å². The monoisotopic (exact) mass is 202 g/mol. The molecule has 0 aliphatic heterocycles. The average molecular weight is 202 g/mol. The van der Waals surface area contributed by atoms with Crippen LogP contribution in [0.5, 0.6) is 0 Å². The first kappa shape index (κ1) is 8.98. The van der Waals surface area contributed by atoms with Crippen molar-refractivity contribution in [3.63, 3.8) is 0 Å². The number of aryl methyl sites for hydroxylation is 1. The van der Waals surface area contributed by atoms with Gasteiger partial charge in [-0.15, -0.1) is 0 Å². The molecule has 0 unspecified atom stereocenters. The third kappa shape index (κ3) is 1.43. The van der Waals surface area contributed by atoms with E-state index < -0.39 is 12.1 Å². The van der Waals surface area contributed by atoms with E-state index in [4.69, 9.17) is 0 Å². The number of halogens is 3. The minimum Gasteiger partial charge on any atom is -0.431 e. The van der Waals surface area contributed by atoms with Crippen LogP contribution in [0.4, 0.5) is 13.2 Å². The predicted molar refractivity (Wildman–Crippen MR) is 41.5 cm³/mol. The Morgan fingerprint density at radius 3 is 2.71 bits per heavy atom. The van der Waals surface area contributed by atoms with E-state index in [1.807, 2.05) is 0 Å². The molecule has 2 aromatic rings. The number of alkyl halides is 3. The zero-order valence-corrected chi connectivity index (χ0v) is 7.09. The molecular weight excluding hydrogens is 197 g/mol. The van der Waals surface area contributed by atoms with Crippen LogP contribution in [0.15, 0.2) is 16.7 Å². The fourth-order valence-electron chi connectivity index (χ4n) is 1.04. The van der Waals surface area contributed by atoms with Gasteiger partial charge in [0.15, 0.2) is 11.2 Å². The van der Waals surface area contributed by atoms with Gasteiger partial charge in [-0.05, 0) is 18.6 Å². The van der Waals surface area contributed by atoms with Gasteiger partial charge in [0.25, 0.3) is 0 Å². The van der Waals surface area contributed by atoms with E-state index >= 15 is 0 Å². The first-order valence-electron chi connectivity index (χ1n) is 3.77. The molecule has 0 N–H and O–H groups in total. The minimum atomic E-state index is -4.56. The molecule has 0 radical (unpaired) electrons. The normalized spacial score (nSPS) is 12.3. The van der Waals surface area contributed by atoms with E-state index in [1.165, 1.54) is 12.3 Å². The minimum absolute atomic E-state index is 0.0251. The van der Waals surface area contributed by atoms with E-state index in [0.717, 1.165) is 5.56 Å². The Kier molecular flexibility index (Phi) is 1.73. The summed E-state index contributed by atoms with van der Waals surface area (Å²) in [5.41, 5.74) is 0.752. The quantitative estimate of drug-likeness (QED) is 0.658. The summed E-state index contributed by atoms with van der Waals surface area (Å²) in [5.74, 6) is -1.26. The van der Waals surface area contributed by atoms with Crippen LogP contribution >= 0.6 is 0 Å². The van der Waals surface area contributed by atoms with Crippen molar-refractivity contribution >= 4 is 11.2 Å². The first-order valence-corrected chi connectivity index (χ1v) is 3.77. The zero-order chi connectivity index (χ0) is 10.3. The third-order valence-corrected chi connectivity index (χ3v) is 1.63. The number of aromatic nitrogens is 2. The second-order valence-electron chi connectivity index (χ2n) is 2.85. The highest BCUT2D eigenvalue weighted by atomic mass is 19.4. The van der Waals surface area contributed by atoms with E-state index in [1.54, 1.807) is 6.92 Å². The van der Waals surface area contributed by atoms with Crippen LogP contribution in [-0.4, -0.2) is 9.97 Å². The summed E-state index contributed by atoms with van der Waals surface area (Å²) >= 11 is 0. The first-order chi connectivity index (χ1) is 6.47. The molecule has 3 nitrogen and oxygen atoms in total. The van der Waals surface area contributed by atoms with Crippen molar-refractivity contribution in [2.45, 2.75) is 13.1 Å². The topological polar surface area (TPSA) is 38.9 Å². The van der Waals surface area contributed by atoms with Crippen LogP contribution in [-0.2, 0) is 6.18 Å². The highest BCUT2D eigenvalue weighted by Gasteiger charge is 2.37. The molecule has 74 valence electrons. The molecule has 14 heavy (non-hydrogen) atoms. The lowest BCUT2D eigenvalue weighted by Gasteiger charge is -1.96. The summed E-state index contributed by atoms with van der Waals surface area (Å²) in [7, 11) is 0. The molecule has 0 spiro atoms. The molecule has 6 heteroatoms. The van der Waals surface area contributed by atoms with Crippen molar-refractivity contribution in [2.24, 2.45) is 0 Å². The molecule has 0 atom stereocenters. The van der Waals surface area contributed by atoms with Gasteiger partial charge in [-0.2, -0.15) is 18.2 Å². The molecule has 2 heterocycles. The number of nitrogens with zero attached hydrogens (tertiary/aromatic N) is 2. The predicted octanol–water partition coefficient (Wildman–Crippen LogP) is 2.55. The average Bonchev–Trinajstić information content (AvgIpc) is 2.45. The highest BCUT2D eigenvalue weighted by Crippen LogP contribution is 2.30. The van der Waals surface area contributed by atoms with Gasteiger partial charge in [0, 0.05) is 6.20 Å². The van der Waals surface area contributed by atoms with E-state index in [0.29, 0.717) is 0 Å². The van der Waals surface area contributed by atoms with Crippen LogP contribution < -0.4 is 0 Å². The number of hydrogen-bond acceptors (Lipinski definition) is 3. The van der Waals surface area contributed by atoms with Crippen molar-refractivity contribution in [3.8, 4) is 0 Å². The summed E-state index contributed by atoms with van der Waals surface area (Å²) in [6, 6.07) is 1.46. The van der Waals surface area contributed by atoms with Gasteiger partial charge in [0.1, 0.15) is 0 Å². The lowest BCUT2D eigenvalue weighted by atomic mass is 10.3. The standard InChI is InChI=1S/C8H5F3N2O/c1-4-2-5-6(12-3-4)13-7(14-5)8(9,10)11/h2-3H,1H3. The molecule has 0 amide bonds. The molecule has 0 aromatic carbocycles. The van der Waals surface area contributed by atoms with E-state index in [-0.39, 0.29) is 11.2 Å². The van der Waals surface area contributed by atoms with Crippen LogP contribution in [0.2, 0.25) is 0 Å². The molecule has 0 saturated heterocycles. The van der Waals surface area contributed by atoms with Crippen LogP contribution in [0.3, 0.4) is 0 Å². The van der Waals surface area contributed by atoms with Crippen molar-refractivity contribution in [1.82, 2.24) is 9.97 Å². The summed E-state index contributed by atoms with van der Waals surface area (Å²) in [5, 5.41) is 0. The lowest BCUT2D eigenvalue weighted by molar-refractivity contribution is -0.156. The molecule has 0 fully saturated rings. The summed E-state index contributed by atoms with van der Waals surface area (Å²) in [4.78, 5) is 6.93. The molecule has 0 bridgehead atoms. The largest absolute Gasteiger partial charge is 0.469 e. The van der Waals surface area contributed by atoms with Crippen LogP contribution in [0, 0.1) is 6.92 Å². The van der Waals surface area contributed by atoms with E-state index in [2.05, 4.69) is 14.4 Å². The van der Waals surface area contributed by atoms with Gasteiger partial charge in [0.2, 0.25) is 0 Å². The highest BCUT2D eigenvalue weighted by molar-refractivity contribution is 5.68. The Morgan fingerprint density at radius 1 is 1.36 bits per heavy atom. The fourth-order valence-corrected chi connectivity index (χ4v) is 1.04. The fraction of sp³-hybridized carbons (Fsp3) is 0.250. The van der Waals surface area contributed by atoms with Gasteiger partial charge in [-0.1, -0.05) is 0 Å². The lowest BCUT2D eigenvalue weighted by Crippen LogP contribution is -2.04. The molecule has 2 rings (SSSR count). The molecular formula is C8H5F3N2O. The Bertz CT molecular complexity index is 475. The van der Waals surface area contributed by atoms with Crippen molar-refractivity contribution < 1.29 is 17.6 Å². The van der Waals surface area contributed by atoms with Gasteiger partial charge < -0.3 is 4.42 Å². The van der Waals surface area contributed by atoms with Crippen molar-refractivity contribution in [3.05, 3.63) is 23.7 Å². The van der Waals surface area contributed by atoms with Gasteiger partial charge in [-0.25, -0.2) is 4.98 Å².